The molecule has 2 amide bonds. The number of alkyl halides is 3. The molecule has 3 aromatic rings. The van der Waals surface area contributed by atoms with E-state index in [9.17, 15) is 37.7 Å². The number of nitrogens with one attached hydrogen (secondary N) is 1. The number of esters is 1. The lowest BCUT2D eigenvalue weighted by atomic mass is 9.85. The van der Waals surface area contributed by atoms with Crippen LogP contribution in [0.5, 0.6) is 5.75 Å². The highest BCUT2D eigenvalue weighted by atomic mass is 32.2. The number of allylic oxidation sites excluding steroid dienone is 1. The summed E-state index contributed by atoms with van der Waals surface area (Å²) in [6, 6.07) is 18.8. The molecule has 2 atom stereocenters. The minimum Gasteiger partial charge on any atom is -0.741 e. The smallest absolute Gasteiger partial charge is 0.485 e. The van der Waals surface area contributed by atoms with Crippen molar-refractivity contribution >= 4 is 39.3 Å². The lowest BCUT2D eigenvalue weighted by molar-refractivity contribution is -0.585. The summed E-state index contributed by atoms with van der Waals surface area (Å²) in [5.74, 6) is -1.01. The fraction of sp³-hybridized carbons (Fsp3) is 0.241. The minimum absolute atomic E-state index is 0.0703. The summed E-state index contributed by atoms with van der Waals surface area (Å²) < 4.78 is 71.7. The molecule has 0 radical (unpaired) electrons. The van der Waals surface area contributed by atoms with Gasteiger partial charge in [0.05, 0.1) is 11.0 Å². The summed E-state index contributed by atoms with van der Waals surface area (Å²) in [5.41, 5.74) is -4.44. The predicted octanol–water partition coefficient (Wildman–Crippen LogP) is 2.41. The number of amides is 2. The standard InChI is InChI=1S/C28H24N4O7.CHF3O3S/c33-24(18-38-21-7-3-1-4-8-21)29-25-22-13-14-23(30-15-5-2-6-16-30)26(31(22)27(25)34)28(35)39-17-19-9-11-20(12-10-19)32(36)37;2-1(3,4)8(5,6)7/h1-12,15-16,22,25H,13-14,17-18H2;(H,5,6,7). The average Bonchev–Trinajstić information content (AvgIpc) is 3.04. The molecule has 2 aliphatic heterocycles. The van der Waals surface area contributed by atoms with Crippen molar-refractivity contribution in [2.45, 2.75) is 37.0 Å². The Morgan fingerprint density at radius 2 is 1.62 bits per heavy atom. The van der Waals surface area contributed by atoms with Gasteiger partial charge in [-0.05, 0) is 36.2 Å². The molecule has 47 heavy (non-hydrogen) atoms. The van der Waals surface area contributed by atoms with E-state index in [0.717, 1.165) is 0 Å². The minimum atomic E-state index is -6.09. The number of β-lactam (4-membered cyclic amide) rings is 1. The van der Waals surface area contributed by atoms with Crippen molar-refractivity contribution in [3.63, 3.8) is 0 Å². The lowest BCUT2D eigenvalue weighted by Gasteiger charge is -2.49. The number of non-ortho nitro benzene ring substituents is 1. The highest BCUT2D eigenvalue weighted by Crippen LogP contribution is 2.37. The zero-order chi connectivity index (χ0) is 34.4. The number of aromatic nitrogens is 1. The maximum Gasteiger partial charge on any atom is 0.485 e. The van der Waals surface area contributed by atoms with Crippen LogP contribution in [0.2, 0.25) is 0 Å². The first-order valence-electron chi connectivity index (χ1n) is 13.6. The fourth-order valence-electron chi connectivity index (χ4n) is 4.67. The first kappa shape index (κ1) is 34.5. The van der Waals surface area contributed by atoms with Crippen LogP contribution in [0.25, 0.3) is 5.70 Å². The summed E-state index contributed by atoms with van der Waals surface area (Å²) in [5, 5.41) is 13.6. The number of halogens is 3. The maximum atomic E-state index is 13.4. The highest BCUT2D eigenvalue weighted by molar-refractivity contribution is 7.86. The first-order valence-corrected chi connectivity index (χ1v) is 15.0. The van der Waals surface area contributed by atoms with E-state index in [-0.39, 0.29) is 24.6 Å². The van der Waals surface area contributed by atoms with E-state index in [0.29, 0.717) is 29.9 Å². The van der Waals surface area contributed by atoms with Crippen LogP contribution < -0.4 is 14.6 Å². The Bertz CT molecular complexity index is 1770. The number of fused-ring (bicyclic) bond motifs is 1. The molecule has 1 N–H and O–H groups in total. The molecule has 1 saturated heterocycles. The Morgan fingerprint density at radius 1 is 1.02 bits per heavy atom. The maximum absolute atomic E-state index is 13.4. The van der Waals surface area contributed by atoms with Gasteiger partial charge in [-0.25, -0.2) is 13.2 Å². The highest BCUT2D eigenvalue weighted by Gasteiger charge is 2.55. The molecule has 0 bridgehead atoms. The molecule has 1 fully saturated rings. The van der Waals surface area contributed by atoms with Gasteiger partial charge >= 0.3 is 11.5 Å². The Morgan fingerprint density at radius 3 is 2.19 bits per heavy atom. The van der Waals surface area contributed by atoms with Crippen molar-refractivity contribution in [2.24, 2.45) is 0 Å². The monoisotopic (exact) mass is 678 g/mol. The van der Waals surface area contributed by atoms with Gasteiger partial charge < -0.3 is 19.3 Å². The van der Waals surface area contributed by atoms with E-state index in [1.807, 2.05) is 24.3 Å². The number of hydrogen-bond acceptors (Lipinski definition) is 10. The summed E-state index contributed by atoms with van der Waals surface area (Å²) in [4.78, 5) is 50.9. The van der Waals surface area contributed by atoms with Crippen molar-refractivity contribution in [3.05, 3.63) is 107 Å². The molecule has 3 heterocycles. The van der Waals surface area contributed by atoms with Gasteiger partial charge in [0.25, 0.3) is 17.5 Å². The molecule has 248 valence electrons. The van der Waals surface area contributed by atoms with Crippen LogP contribution >= 0.6 is 0 Å². The third-order valence-corrected chi connectivity index (χ3v) is 7.43. The molecule has 14 nitrogen and oxygen atoms in total. The molecule has 0 saturated carbocycles. The number of rotatable bonds is 9. The Balaban J connectivity index is 0.000000555. The summed E-state index contributed by atoms with van der Waals surface area (Å²) >= 11 is 0. The number of carbonyl (C=O) groups is 3. The van der Waals surface area contributed by atoms with E-state index in [2.05, 4.69) is 5.32 Å². The van der Waals surface area contributed by atoms with Crippen LogP contribution in [-0.4, -0.2) is 64.8 Å². The van der Waals surface area contributed by atoms with Crippen molar-refractivity contribution in [3.8, 4) is 5.75 Å². The van der Waals surface area contributed by atoms with Crippen LogP contribution in [0.1, 0.15) is 18.4 Å². The number of pyridine rings is 1. The molecule has 0 spiro atoms. The normalized spacial score (nSPS) is 17.4. The van der Waals surface area contributed by atoms with E-state index >= 15 is 0 Å². The van der Waals surface area contributed by atoms with E-state index < -0.39 is 50.4 Å². The first-order chi connectivity index (χ1) is 22.2. The van der Waals surface area contributed by atoms with Gasteiger partial charge in [-0.2, -0.15) is 17.7 Å². The van der Waals surface area contributed by atoms with Crippen LogP contribution in [0.3, 0.4) is 0 Å². The molecule has 1 aromatic heterocycles. The second-order valence-corrected chi connectivity index (χ2v) is 11.3. The van der Waals surface area contributed by atoms with Crippen LogP contribution in [0.4, 0.5) is 18.9 Å². The van der Waals surface area contributed by atoms with Gasteiger partial charge in [0.1, 0.15) is 18.4 Å². The summed E-state index contributed by atoms with van der Waals surface area (Å²) in [6.07, 6.45) is 4.57. The molecule has 18 heteroatoms. The largest absolute Gasteiger partial charge is 0.741 e. The molecular weight excluding hydrogens is 653 g/mol. The topological polar surface area (TPSA) is 189 Å². The Labute approximate surface area is 264 Å². The van der Waals surface area contributed by atoms with Crippen molar-refractivity contribution < 1.29 is 59.5 Å². The Hall–Kier alpha value is -5.36. The molecule has 2 aromatic carbocycles. The average molecular weight is 679 g/mol. The predicted molar refractivity (Wildman–Crippen MR) is 152 cm³/mol. The van der Waals surface area contributed by atoms with Crippen LogP contribution in [0.15, 0.2) is 90.9 Å². The van der Waals surface area contributed by atoms with Gasteiger partial charge in [-0.3, -0.25) is 24.6 Å². The number of carbonyl (C=O) groups excluding carboxylic acids is 3. The number of nitrogens with zero attached hydrogens (tertiary/aromatic N) is 3. The van der Waals surface area contributed by atoms with E-state index in [1.54, 1.807) is 41.2 Å². The lowest BCUT2D eigenvalue weighted by Crippen LogP contribution is -2.72. The number of para-hydroxylation sites is 1. The second-order valence-electron chi connectivity index (χ2n) is 9.94. The van der Waals surface area contributed by atoms with Gasteiger partial charge in [0.15, 0.2) is 34.8 Å². The van der Waals surface area contributed by atoms with Crippen molar-refractivity contribution in [2.75, 3.05) is 6.61 Å². The van der Waals surface area contributed by atoms with E-state index in [4.69, 9.17) is 22.4 Å². The SMILES string of the molecule is O=C(COc1ccccc1)NC1C(=O)N2C(C(=O)OCc3ccc([N+](=O)[O-])cc3)=C([n+]3ccccc3)CCC12.O=S(=O)([O-])C(F)(F)F. The molecule has 5 rings (SSSR count). The number of ether oxygens (including phenoxy) is 2. The number of hydrogen-bond donors (Lipinski definition) is 1. The van der Waals surface area contributed by atoms with E-state index in [1.165, 1.54) is 29.2 Å². The van der Waals surface area contributed by atoms with Gasteiger partial charge in [0, 0.05) is 30.7 Å². The van der Waals surface area contributed by atoms with Crippen LogP contribution in [-0.2, 0) is 35.8 Å². The fourth-order valence-corrected chi connectivity index (χ4v) is 4.67. The van der Waals surface area contributed by atoms with Crippen molar-refractivity contribution in [1.82, 2.24) is 10.2 Å². The quantitative estimate of drug-likeness (QED) is 0.0669. The van der Waals surface area contributed by atoms with Gasteiger partial charge in [-0.15, -0.1) is 0 Å². The third kappa shape index (κ3) is 8.47. The number of benzene rings is 2. The molecule has 0 aliphatic carbocycles. The van der Waals surface area contributed by atoms with Crippen molar-refractivity contribution in [1.29, 1.82) is 0 Å². The molecular formula is C29H25F3N4O10S. The second kappa shape index (κ2) is 14.4. The number of nitro groups is 1. The molecule has 2 aliphatic rings. The van der Waals surface area contributed by atoms with Crippen LogP contribution in [0, 0.1) is 10.1 Å². The zero-order valence-electron chi connectivity index (χ0n) is 24.0. The number of nitro benzene ring substituents is 1. The zero-order valence-corrected chi connectivity index (χ0v) is 24.8. The van der Waals surface area contributed by atoms with Gasteiger partial charge in [0.2, 0.25) is 5.70 Å². The Kier molecular flexibility index (Phi) is 10.6. The molecule has 2 unspecified atom stereocenters. The summed E-state index contributed by atoms with van der Waals surface area (Å²) in [7, 11) is -6.09. The van der Waals surface area contributed by atoms with Gasteiger partial charge in [-0.1, -0.05) is 24.3 Å². The third-order valence-electron chi connectivity index (χ3n) is 6.86. The summed E-state index contributed by atoms with van der Waals surface area (Å²) in [6.45, 7) is -0.373.